The Balaban J connectivity index is 1.31. The molecule has 0 bridgehead atoms. The first-order chi connectivity index (χ1) is 16.9. The van der Waals surface area contributed by atoms with Crippen LogP contribution in [0.2, 0.25) is 0 Å². The molecular formula is C29H36F4O2. The summed E-state index contributed by atoms with van der Waals surface area (Å²) >= 11 is 0. The molecule has 0 saturated heterocycles. The van der Waals surface area contributed by atoms with Gasteiger partial charge in [0.15, 0.2) is 23.1 Å². The molecule has 2 nitrogen and oxygen atoms in total. The summed E-state index contributed by atoms with van der Waals surface area (Å²) in [5, 5.41) is 0. The highest BCUT2D eigenvalue weighted by Crippen LogP contribution is 2.41. The Hall–Kier alpha value is -2.24. The van der Waals surface area contributed by atoms with Crippen LogP contribution in [0.1, 0.15) is 94.6 Å². The molecule has 2 aliphatic carbocycles. The maximum Gasteiger partial charge on any atom is 0.200 e. The molecule has 0 amide bonds. The summed E-state index contributed by atoms with van der Waals surface area (Å²) in [5.41, 5.74) is 0.844. The van der Waals surface area contributed by atoms with Gasteiger partial charge in [0.25, 0.3) is 0 Å². The molecule has 0 N–H and O–H groups in total. The van der Waals surface area contributed by atoms with Gasteiger partial charge in [-0.15, -0.1) is 0 Å². The van der Waals surface area contributed by atoms with E-state index in [9.17, 15) is 17.6 Å². The highest BCUT2D eigenvalue weighted by Gasteiger charge is 2.29. The zero-order chi connectivity index (χ0) is 24.9. The van der Waals surface area contributed by atoms with E-state index >= 15 is 0 Å². The van der Waals surface area contributed by atoms with Gasteiger partial charge in [-0.25, -0.2) is 8.78 Å². The number of ether oxygens (including phenoxy) is 2. The monoisotopic (exact) mass is 492 g/mol. The van der Waals surface area contributed by atoms with E-state index in [2.05, 4.69) is 6.92 Å². The fraction of sp³-hybridized carbons (Fsp3) is 0.586. The van der Waals surface area contributed by atoms with Crippen molar-refractivity contribution in [2.45, 2.75) is 83.5 Å². The third-order valence-electron chi connectivity index (χ3n) is 8.08. The Labute approximate surface area is 206 Å². The highest BCUT2D eigenvalue weighted by molar-refractivity contribution is 5.34. The van der Waals surface area contributed by atoms with Crippen molar-refractivity contribution in [3.8, 4) is 11.5 Å². The van der Waals surface area contributed by atoms with Gasteiger partial charge in [-0.3, -0.25) is 0 Å². The predicted molar refractivity (Wildman–Crippen MR) is 129 cm³/mol. The molecule has 0 aliphatic heterocycles. The summed E-state index contributed by atoms with van der Waals surface area (Å²) in [6.07, 6.45) is 7.96. The topological polar surface area (TPSA) is 18.5 Å². The second kappa shape index (κ2) is 11.7. The largest absolute Gasteiger partial charge is 0.491 e. The third kappa shape index (κ3) is 5.78. The first kappa shape index (κ1) is 25.8. The number of halogens is 4. The summed E-state index contributed by atoms with van der Waals surface area (Å²) in [6.45, 7) is 4.46. The van der Waals surface area contributed by atoms with Crippen LogP contribution >= 0.6 is 0 Å². The smallest absolute Gasteiger partial charge is 0.200 e. The van der Waals surface area contributed by atoms with Crippen LogP contribution in [0.3, 0.4) is 0 Å². The number of hydrogen-bond acceptors (Lipinski definition) is 2. The maximum atomic E-state index is 14.8. The lowest BCUT2D eigenvalue weighted by Crippen LogP contribution is -2.20. The molecule has 2 saturated carbocycles. The van der Waals surface area contributed by atoms with Crippen molar-refractivity contribution in [3.05, 3.63) is 58.7 Å². The van der Waals surface area contributed by atoms with Crippen molar-refractivity contribution >= 4 is 0 Å². The van der Waals surface area contributed by atoms with E-state index in [1.807, 2.05) is 0 Å². The fourth-order valence-corrected chi connectivity index (χ4v) is 5.83. The molecule has 6 heteroatoms. The Morgan fingerprint density at radius 2 is 1.06 bits per heavy atom. The molecule has 0 unspecified atom stereocenters. The normalized spacial score (nSPS) is 24.9. The number of benzene rings is 2. The standard InChI is InChI=1S/C29H36F4O2/c1-3-18-5-9-20(10-6-18)23-14-16-25(29(33)27(23)31)35-17-19-7-11-21(12-8-19)22-13-15-24(34-4-2)28(32)26(22)30/h13-16,18-21H,3-12,17H2,1-2H3. The Morgan fingerprint density at radius 1 is 0.600 bits per heavy atom. The van der Waals surface area contributed by atoms with Crippen molar-refractivity contribution in [2.24, 2.45) is 11.8 Å². The lowest BCUT2D eigenvalue weighted by atomic mass is 9.77. The third-order valence-corrected chi connectivity index (χ3v) is 8.08. The maximum absolute atomic E-state index is 14.8. The van der Waals surface area contributed by atoms with E-state index in [1.165, 1.54) is 6.07 Å². The second-order valence-corrected chi connectivity index (χ2v) is 10.1. The molecule has 2 aliphatic rings. The highest BCUT2D eigenvalue weighted by atomic mass is 19.2. The summed E-state index contributed by atoms with van der Waals surface area (Å²) in [5.74, 6) is -2.71. The van der Waals surface area contributed by atoms with Gasteiger partial charge in [-0.05, 0) is 105 Å². The average Bonchev–Trinajstić information content (AvgIpc) is 2.88. The second-order valence-electron chi connectivity index (χ2n) is 10.1. The summed E-state index contributed by atoms with van der Waals surface area (Å²) < 4.78 is 69.3. The van der Waals surface area contributed by atoms with E-state index in [1.54, 1.807) is 25.1 Å². The Morgan fingerprint density at radius 3 is 1.51 bits per heavy atom. The molecule has 0 radical (unpaired) electrons. The van der Waals surface area contributed by atoms with Gasteiger partial charge in [0.1, 0.15) is 0 Å². The van der Waals surface area contributed by atoms with Crippen molar-refractivity contribution in [1.82, 2.24) is 0 Å². The van der Waals surface area contributed by atoms with Gasteiger partial charge in [0.05, 0.1) is 13.2 Å². The zero-order valence-corrected chi connectivity index (χ0v) is 20.7. The van der Waals surface area contributed by atoms with Gasteiger partial charge >= 0.3 is 0 Å². The molecular weight excluding hydrogens is 456 g/mol. The molecule has 35 heavy (non-hydrogen) atoms. The Kier molecular flexibility index (Phi) is 8.61. The molecule has 192 valence electrons. The minimum atomic E-state index is -0.936. The molecule has 4 rings (SSSR count). The first-order valence-corrected chi connectivity index (χ1v) is 13.1. The van der Waals surface area contributed by atoms with Crippen LogP contribution in [0.15, 0.2) is 24.3 Å². The van der Waals surface area contributed by atoms with Gasteiger partial charge in [0, 0.05) is 0 Å². The van der Waals surface area contributed by atoms with Gasteiger partial charge in [0.2, 0.25) is 11.6 Å². The molecule has 0 atom stereocenters. The zero-order valence-electron chi connectivity index (χ0n) is 20.7. The number of hydrogen-bond donors (Lipinski definition) is 0. The summed E-state index contributed by atoms with van der Waals surface area (Å²) in [7, 11) is 0. The summed E-state index contributed by atoms with van der Waals surface area (Å²) in [6, 6.07) is 6.34. The quantitative estimate of drug-likeness (QED) is 0.343. The van der Waals surface area contributed by atoms with E-state index < -0.39 is 23.3 Å². The molecule has 0 heterocycles. The summed E-state index contributed by atoms with van der Waals surface area (Å²) in [4.78, 5) is 0. The predicted octanol–water partition coefficient (Wildman–Crippen LogP) is 8.68. The van der Waals surface area contributed by atoms with Crippen molar-refractivity contribution < 1.29 is 27.0 Å². The van der Waals surface area contributed by atoms with Crippen LogP contribution < -0.4 is 9.47 Å². The van der Waals surface area contributed by atoms with Crippen LogP contribution in [0.4, 0.5) is 17.6 Å². The lowest BCUT2D eigenvalue weighted by Gasteiger charge is -2.29. The Bertz CT molecular complexity index is 993. The van der Waals surface area contributed by atoms with Crippen LogP contribution in [0, 0.1) is 35.1 Å². The average molecular weight is 493 g/mol. The SMILES string of the molecule is CCOc1ccc(C2CCC(COc3ccc(C4CCC(CC)CC4)c(F)c3F)CC2)c(F)c1F. The molecule has 2 aromatic rings. The molecule has 2 aromatic carbocycles. The van der Waals surface area contributed by atoms with E-state index in [0.717, 1.165) is 44.9 Å². The first-order valence-electron chi connectivity index (χ1n) is 13.1. The van der Waals surface area contributed by atoms with E-state index in [-0.39, 0.29) is 42.5 Å². The fourth-order valence-electron chi connectivity index (χ4n) is 5.83. The van der Waals surface area contributed by atoms with Gasteiger partial charge < -0.3 is 9.47 Å². The van der Waals surface area contributed by atoms with E-state index in [0.29, 0.717) is 29.9 Å². The van der Waals surface area contributed by atoms with Crippen molar-refractivity contribution in [3.63, 3.8) is 0 Å². The minimum absolute atomic E-state index is 0.0461. The molecule has 0 spiro atoms. The van der Waals surface area contributed by atoms with Gasteiger partial charge in [-0.2, -0.15) is 8.78 Å². The van der Waals surface area contributed by atoms with E-state index in [4.69, 9.17) is 9.47 Å². The molecule has 0 aromatic heterocycles. The van der Waals surface area contributed by atoms with Crippen molar-refractivity contribution in [2.75, 3.05) is 13.2 Å². The van der Waals surface area contributed by atoms with Gasteiger partial charge in [-0.1, -0.05) is 25.5 Å². The molecule has 2 fully saturated rings. The minimum Gasteiger partial charge on any atom is -0.491 e. The van der Waals surface area contributed by atoms with Crippen LogP contribution in [-0.4, -0.2) is 13.2 Å². The number of rotatable bonds is 8. The van der Waals surface area contributed by atoms with Crippen molar-refractivity contribution in [1.29, 1.82) is 0 Å². The van der Waals surface area contributed by atoms with Crippen LogP contribution in [0.25, 0.3) is 0 Å². The van der Waals surface area contributed by atoms with Crippen LogP contribution in [0.5, 0.6) is 11.5 Å². The lowest BCUT2D eigenvalue weighted by molar-refractivity contribution is 0.191. The van der Waals surface area contributed by atoms with Crippen LogP contribution in [-0.2, 0) is 0 Å².